The third kappa shape index (κ3) is 2.81. The first-order chi connectivity index (χ1) is 8.27. The minimum absolute atomic E-state index is 0.0138. The molecule has 0 N–H and O–H groups in total. The Labute approximate surface area is 102 Å². The van der Waals surface area contributed by atoms with Gasteiger partial charge in [0.2, 0.25) is 0 Å². The van der Waals surface area contributed by atoms with Gasteiger partial charge in [0.05, 0.1) is 0 Å². The normalized spacial score (nSPS) is 14.2. The lowest BCUT2D eigenvalue weighted by molar-refractivity contribution is -0.416. The minimum atomic E-state index is -6.60. The summed E-state index contributed by atoms with van der Waals surface area (Å²) in [7, 11) is 0. The summed E-state index contributed by atoms with van der Waals surface area (Å²) in [4.78, 5) is 10.3. The van der Waals surface area contributed by atoms with Gasteiger partial charge in [0.1, 0.15) is 0 Å². The van der Waals surface area contributed by atoms with Gasteiger partial charge < -0.3 is 4.74 Å². The predicted molar refractivity (Wildman–Crippen MR) is 46.4 cm³/mol. The number of alkyl halides is 8. The van der Waals surface area contributed by atoms with Gasteiger partial charge in [0.15, 0.2) is 0 Å². The van der Waals surface area contributed by atoms with Crippen molar-refractivity contribution in [1.82, 2.24) is 0 Å². The van der Waals surface area contributed by atoms with Crippen LogP contribution in [0.1, 0.15) is 13.3 Å². The number of hydrogen-bond acceptors (Lipinski definition) is 2. The Balaban J connectivity index is 5.58. The van der Waals surface area contributed by atoms with Crippen LogP contribution in [-0.2, 0) is 9.53 Å². The third-order valence-electron chi connectivity index (χ3n) is 2.06. The fourth-order valence-corrected chi connectivity index (χ4v) is 0.867. The summed E-state index contributed by atoms with van der Waals surface area (Å²) >= 11 is 0. The van der Waals surface area contributed by atoms with Crippen molar-refractivity contribution in [3.63, 3.8) is 0 Å². The highest BCUT2D eigenvalue weighted by Crippen LogP contribution is 2.53. The minimum Gasteiger partial charge on any atom is -0.393 e. The number of halogens is 8. The first kappa shape index (κ1) is 17.6. The molecule has 0 spiro atoms. The SMILES string of the molecule is C=CC(=O)OC(F)(F)C(F)(F)C(F)(F)C(F)(F)CC. The highest BCUT2D eigenvalue weighted by atomic mass is 19.4. The van der Waals surface area contributed by atoms with E-state index in [2.05, 4.69) is 11.3 Å². The van der Waals surface area contributed by atoms with Crippen molar-refractivity contribution < 1.29 is 44.7 Å². The lowest BCUT2D eigenvalue weighted by atomic mass is 10.0. The maximum Gasteiger partial charge on any atom is 0.473 e. The number of carbonyl (C=O) groups is 1. The largest absolute Gasteiger partial charge is 0.473 e. The molecule has 0 radical (unpaired) electrons. The van der Waals surface area contributed by atoms with Gasteiger partial charge in [0, 0.05) is 12.5 Å². The van der Waals surface area contributed by atoms with Crippen LogP contribution in [0.5, 0.6) is 0 Å². The van der Waals surface area contributed by atoms with Crippen LogP contribution in [0, 0.1) is 0 Å². The lowest BCUT2D eigenvalue weighted by Gasteiger charge is -2.35. The monoisotopic (exact) mass is 300 g/mol. The van der Waals surface area contributed by atoms with E-state index in [4.69, 9.17) is 0 Å². The standard InChI is InChI=1S/C9H8F8O2/c1-3-5(18)19-9(16,17)8(14,15)7(12,13)6(10,11)4-2/h3H,1,4H2,2H3. The smallest absolute Gasteiger partial charge is 0.393 e. The van der Waals surface area contributed by atoms with Gasteiger partial charge in [-0.15, -0.1) is 0 Å². The maximum atomic E-state index is 12.9. The second-order valence-electron chi connectivity index (χ2n) is 3.35. The molecule has 0 aliphatic heterocycles. The zero-order valence-corrected chi connectivity index (χ0v) is 9.33. The number of rotatable bonds is 6. The summed E-state index contributed by atoms with van der Waals surface area (Å²) in [5.74, 6) is -20.6. The topological polar surface area (TPSA) is 26.3 Å². The summed E-state index contributed by atoms with van der Waals surface area (Å²) in [5, 5.41) is 0. The number of carbonyl (C=O) groups excluding carboxylic acids is 1. The molecule has 0 aliphatic carbocycles. The van der Waals surface area contributed by atoms with E-state index in [-0.39, 0.29) is 6.08 Å². The molecular weight excluding hydrogens is 292 g/mol. The van der Waals surface area contributed by atoms with Gasteiger partial charge in [-0.05, 0) is 0 Å². The second kappa shape index (κ2) is 4.97. The van der Waals surface area contributed by atoms with Crippen LogP contribution in [0.4, 0.5) is 35.1 Å². The number of hydrogen-bond donors (Lipinski definition) is 0. The van der Waals surface area contributed by atoms with E-state index in [1.54, 1.807) is 0 Å². The molecule has 0 rings (SSSR count). The number of ether oxygens (including phenoxy) is 1. The fraction of sp³-hybridized carbons (Fsp3) is 0.667. The van der Waals surface area contributed by atoms with Gasteiger partial charge in [-0.3, -0.25) is 0 Å². The quantitative estimate of drug-likeness (QED) is 0.425. The highest BCUT2D eigenvalue weighted by Gasteiger charge is 2.82. The molecule has 10 heteroatoms. The molecule has 0 amide bonds. The molecule has 0 aromatic heterocycles. The van der Waals surface area contributed by atoms with E-state index in [1.165, 1.54) is 0 Å². The lowest BCUT2D eigenvalue weighted by Crippen LogP contribution is -2.63. The van der Waals surface area contributed by atoms with Crippen LogP contribution in [0.15, 0.2) is 12.7 Å². The average molecular weight is 300 g/mol. The third-order valence-corrected chi connectivity index (χ3v) is 2.06. The van der Waals surface area contributed by atoms with E-state index >= 15 is 0 Å². The number of esters is 1. The van der Waals surface area contributed by atoms with Crippen LogP contribution >= 0.6 is 0 Å². The van der Waals surface area contributed by atoms with Gasteiger partial charge in [-0.1, -0.05) is 13.5 Å². The maximum absolute atomic E-state index is 12.9. The second-order valence-corrected chi connectivity index (χ2v) is 3.35. The van der Waals surface area contributed by atoms with E-state index < -0.39 is 36.3 Å². The Morgan fingerprint density at radius 1 is 1.05 bits per heavy atom. The van der Waals surface area contributed by atoms with Crippen molar-refractivity contribution in [3.8, 4) is 0 Å². The average Bonchev–Trinajstić information content (AvgIpc) is 2.27. The van der Waals surface area contributed by atoms with Crippen molar-refractivity contribution in [2.75, 3.05) is 0 Å². The van der Waals surface area contributed by atoms with Crippen molar-refractivity contribution in [1.29, 1.82) is 0 Å². The first-order valence-corrected chi connectivity index (χ1v) is 4.63. The molecule has 0 bridgehead atoms. The van der Waals surface area contributed by atoms with Gasteiger partial charge >= 0.3 is 29.8 Å². The molecule has 112 valence electrons. The summed E-state index contributed by atoms with van der Waals surface area (Å²) in [6, 6.07) is 0. The molecule has 0 unspecified atom stereocenters. The van der Waals surface area contributed by atoms with Gasteiger partial charge in [-0.25, -0.2) is 4.79 Å². The Morgan fingerprint density at radius 2 is 1.47 bits per heavy atom. The van der Waals surface area contributed by atoms with Crippen LogP contribution in [0.2, 0.25) is 0 Å². The Morgan fingerprint density at radius 3 is 1.79 bits per heavy atom. The van der Waals surface area contributed by atoms with Gasteiger partial charge in [-0.2, -0.15) is 35.1 Å². The molecule has 0 atom stereocenters. The van der Waals surface area contributed by atoms with Crippen LogP contribution in [-0.4, -0.2) is 29.8 Å². The fourth-order valence-electron chi connectivity index (χ4n) is 0.867. The van der Waals surface area contributed by atoms with Gasteiger partial charge in [0.25, 0.3) is 0 Å². The highest BCUT2D eigenvalue weighted by molar-refractivity contribution is 5.81. The van der Waals surface area contributed by atoms with E-state index in [0.717, 1.165) is 0 Å². The summed E-state index contributed by atoms with van der Waals surface area (Å²) in [6.07, 6.45) is -7.96. The van der Waals surface area contributed by atoms with Crippen molar-refractivity contribution >= 4 is 5.97 Å². The molecule has 0 saturated carbocycles. The zero-order chi connectivity index (χ0) is 15.7. The van der Waals surface area contributed by atoms with Crippen LogP contribution in [0.3, 0.4) is 0 Å². The van der Waals surface area contributed by atoms with Crippen LogP contribution in [0.25, 0.3) is 0 Å². The Hall–Kier alpha value is -1.35. The Bertz CT molecular complexity index is 363. The molecule has 0 saturated heterocycles. The summed E-state index contributed by atoms with van der Waals surface area (Å²) in [6.45, 7) is 2.97. The van der Waals surface area contributed by atoms with E-state index in [0.29, 0.717) is 6.92 Å². The molecular formula is C9H8F8O2. The van der Waals surface area contributed by atoms with E-state index in [1.807, 2.05) is 0 Å². The van der Waals surface area contributed by atoms with E-state index in [9.17, 15) is 39.9 Å². The van der Waals surface area contributed by atoms with Crippen molar-refractivity contribution in [3.05, 3.63) is 12.7 Å². The summed E-state index contributed by atoms with van der Waals surface area (Å²) < 4.78 is 105. The molecule has 19 heavy (non-hydrogen) atoms. The van der Waals surface area contributed by atoms with Crippen molar-refractivity contribution in [2.24, 2.45) is 0 Å². The molecule has 2 nitrogen and oxygen atoms in total. The summed E-state index contributed by atoms with van der Waals surface area (Å²) in [5.41, 5.74) is 0. The predicted octanol–water partition coefficient (Wildman–Crippen LogP) is 3.62. The van der Waals surface area contributed by atoms with Crippen molar-refractivity contribution in [2.45, 2.75) is 37.2 Å². The Kier molecular flexibility index (Phi) is 4.62. The molecule has 0 heterocycles. The molecule has 0 aromatic carbocycles. The molecule has 0 fully saturated rings. The molecule has 0 aromatic rings. The van der Waals surface area contributed by atoms with Crippen LogP contribution < -0.4 is 0 Å². The zero-order valence-electron chi connectivity index (χ0n) is 9.33. The molecule has 0 aliphatic rings. The first-order valence-electron chi connectivity index (χ1n) is 4.63.